The number of sulfonamides is 2. The minimum Gasteiger partial charge on any atom is -0.301 e. The molecule has 0 aliphatic carbocycles. The van der Waals surface area contributed by atoms with Crippen molar-refractivity contribution in [3.8, 4) is 0 Å². The molecule has 0 unspecified atom stereocenters. The lowest BCUT2D eigenvalue weighted by Crippen LogP contribution is -2.35. The van der Waals surface area contributed by atoms with Crippen molar-refractivity contribution in [3.63, 3.8) is 0 Å². The normalized spacial score (nSPS) is 15.9. The molecule has 152 valence electrons. The second kappa shape index (κ2) is 8.11. The first kappa shape index (κ1) is 20.6. The average molecular weight is 446 g/mol. The highest BCUT2D eigenvalue weighted by molar-refractivity contribution is 7.94. The molecule has 3 rings (SSSR count). The van der Waals surface area contributed by atoms with Crippen LogP contribution in [0.15, 0.2) is 33.5 Å². The first-order chi connectivity index (χ1) is 13.2. The van der Waals surface area contributed by atoms with Crippen LogP contribution in [-0.4, -0.2) is 50.3 Å². The molecule has 2 N–H and O–H groups in total. The maximum Gasteiger partial charge on any atom is 0.291 e. The van der Waals surface area contributed by atoms with Gasteiger partial charge in [0.25, 0.3) is 14.4 Å². The van der Waals surface area contributed by atoms with Gasteiger partial charge in [-0.3, -0.25) is 9.52 Å². The zero-order valence-electron chi connectivity index (χ0n) is 15.0. The second-order valence-corrected chi connectivity index (χ2v) is 10.9. The van der Waals surface area contributed by atoms with Gasteiger partial charge in [-0.25, -0.2) is 8.42 Å². The van der Waals surface area contributed by atoms with Crippen molar-refractivity contribution in [2.75, 3.05) is 23.1 Å². The Labute approximate surface area is 167 Å². The van der Waals surface area contributed by atoms with Crippen LogP contribution >= 0.6 is 11.3 Å². The fraction of sp³-hybridized carbons (Fsp3) is 0.400. The van der Waals surface area contributed by atoms with E-state index in [1.807, 2.05) is 0 Å². The van der Waals surface area contributed by atoms with E-state index in [4.69, 9.17) is 0 Å². The number of hydrogen-bond acceptors (Lipinski definition) is 8. The number of nitrogens with zero attached hydrogens (tertiary/aromatic N) is 3. The third-order valence-corrected chi connectivity index (χ3v) is 8.48. The van der Waals surface area contributed by atoms with Gasteiger partial charge in [0.1, 0.15) is 0 Å². The van der Waals surface area contributed by atoms with Crippen molar-refractivity contribution in [2.24, 2.45) is 0 Å². The summed E-state index contributed by atoms with van der Waals surface area (Å²) < 4.78 is 53.5. The number of hydrogen-bond donors (Lipinski definition) is 2. The summed E-state index contributed by atoms with van der Waals surface area (Å²) in [6.45, 7) is 2.25. The van der Waals surface area contributed by atoms with Crippen molar-refractivity contribution < 1.29 is 21.6 Å². The first-order valence-corrected chi connectivity index (χ1v) is 12.2. The summed E-state index contributed by atoms with van der Waals surface area (Å²) in [5.74, 6) is -0.390. The van der Waals surface area contributed by atoms with Crippen LogP contribution in [0.2, 0.25) is 0 Å². The third-order valence-electron chi connectivity index (χ3n) is 3.98. The Morgan fingerprint density at radius 3 is 2.29 bits per heavy atom. The third kappa shape index (κ3) is 4.66. The molecule has 0 radical (unpaired) electrons. The van der Waals surface area contributed by atoms with E-state index in [-0.39, 0.29) is 20.1 Å². The highest BCUT2D eigenvalue weighted by Crippen LogP contribution is 2.25. The minimum atomic E-state index is -4.01. The first-order valence-electron chi connectivity index (χ1n) is 8.43. The molecule has 28 heavy (non-hydrogen) atoms. The van der Waals surface area contributed by atoms with E-state index in [0.29, 0.717) is 24.4 Å². The van der Waals surface area contributed by atoms with E-state index < -0.39 is 26.0 Å². The van der Waals surface area contributed by atoms with Gasteiger partial charge >= 0.3 is 0 Å². The fourth-order valence-electron chi connectivity index (χ4n) is 2.67. The van der Waals surface area contributed by atoms with E-state index in [9.17, 15) is 21.6 Å². The average Bonchev–Trinajstić information content (AvgIpc) is 3.11. The molecule has 10 nitrogen and oxygen atoms in total. The molecule has 1 aromatic carbocycles. The van der Waals surface area contributed by atoms with Gasteiger partial charge in [-0.05, 0) is 37.1 Å². The van der Waals surface area contributed by atoms with Gasteiger partial charge in [0.15, 0.2) is 0 Å². The Kier molecular flexibility index (Phi) is 5.98. The Hall–Kier alpha value is -2.09. The van der Waals surface area contributed by atoms with E-state index in [1.54, 1.807) is 0 Å². The second-order valence-electron chi connectivity index (χ2n) is 6.15. The van der Waals surface area contributed by atoms with Crippen molar-refractivity contribution in [1.29, 1.82) is 0 Å². The molecular weight excluding hydrogens is 426 g/mol. The van der Waals surface area contributed by atoms with Crippen LogP contribution in [0.5, 0.6) is 0 Å². The summed E-state index contributed by atoms with van der Waals surface area (Å²) in [4.78, 5) is 11.1. The summed E-state index contributed by atoms with van der Waals surface area (Å²) in [7, 11) is -7.60. The maximum atomic E-state index is 12.6. The molecule has 0 bridgehead atoms. The highest BCUT2D eigenvalue weighted by Gasteiger charge is 2.26. The van der Waals surface area contributed by atoms with Crippen LogP contribution in [0, 0.1) is 0 Å². The molecule has 1 fully saturated rings. The summed E-state index contributed by atoms with van der Waals surface area (Å²) in [6.07, 6.45) is 2.68. The summed E-state index contributed by atoms with van der Waals surface area (Å²) in [5.41, 5.74) is 0.189. The van der Waals surface area contributed by atoms with Gasteiger partial charge in [0, 0.05) is 25.7 Å². The number of anilines is 2. The summed E-state index contributed by atoms with van der Waals surface area (Å²) in [6, 6.07) is 5.49. The Morgan fingerprint density at radius 1 is 1.04 bits per heavy atom. The van der Waals surface area contributed by atoms with Crippen LogP contribution in [0.25, 0.3) is 0 Å². The van der Waals surface area contributed by atoms with Crippen LogP contribution in [0.4, 0.5) is 10.8 Å². The molecule has 1 aliphatic heterocycles. The Morgan fingerprint density at radius 2 is 1.68 bits per heavy atom. The van der Waals surface area contributed by atoms with Crippen molar-refractivity contribution >= 4 is 48.1 Å². The predicted octanol–water partition coefficient (Wildman–Crippen LogP) is 1.47. The molecule has 1 saturated heterocycles. The molecule has 1 aromatic heterocycles. The molecule has 1 aliphatic rings. The van der Waals surface area contributed by atoms with Crippen molar-refractivity contribution in [3.05, 3.63) is 24.3 Å². The maximum absolute atomic E-state index is 12.6. The van der Waals surface area contributed by atoms with Crippen LogP contribution in [0.3, 0.4) is 0 Å². The highest BCUT2D eigenvalue weighted by atomic mass is 32.2. The van der Waals surface area contributed by atoms with Crippen LogP contribution in [-0.2, 0) is 24.8 Å². The Balaban J connectivity index is 1.74. The zero-order valence-corrected chi connectivity index (χ0v) is 17.4. The standard InChI is InChI=1S/C15H19N5O5S3/c1-11(21)16-14-17-18-15(26-14)27(22,23)19-12-5-7-13(8-6-12)28(24,25)20-9-3-2-4-10-20/h5-8,19H,2-4,9-10H2,1H3,(H,16,17,21). The van der Waals surface area contributed by atoms with Gasteiger partial charge < -0.3 is 5.32 Å². The van der Waals surface area contributed by atoms with E-state index in [1.165, 1.54) is 35.5 Å². The van der Waals surface area contributed by atoms with E-state index >= 15 is 0 Å². The number of aromatic nitrogens is 2. The molecule has 1 amide bonds. The predicted molar refractivity (Wildman–Crippen MR) is 104 cm³/mol. The summed E-state index contributed by atoms with van der Waals surface area (Å²) in [5, 5.41) is 9.58. The fourth-order valence-corrected chi connectivity index (χ4v) is 6.19. The number of carbonyl (C=O) groups is 1. The monoisotopic (exact) mass is 445 g/mol. The van der Waals surface area contributed by atoms with Gasteiger partial charge in [-0.1, -0.05) is 17.8 Å². The van der Waals surface area contributed by atoms with Gasteiger partial charge in [0.2, 0.25) is 21.1 Å². The Bertz CT molecular complexity index is 1060. The minimum absolute atomic E-state index is 0.0656. The number of amides is 1. The zero-order chi connectivity index (χ0) is 20.4. The molecular formula is C15H19N5O5S3. The smallest absolute Gasteiger partial charge is 0.291 e. The number of nitrogens with one attached hydrogen (secondary N) is 2. The molecule has 0 spiro atoms. The van der Waals surface area contributed by atoms with E-state index in [0.717, 1.165) is 19.3 Å². The molecule has 2 aromatic rings. The molecule has 2 heterocycles. The number of benzene rings is 1. The number of piperidine rings is 1. The lowest BCUT2D eigenvalue weighted by Gasteiger charge is -2.25. The van der Waals surface area contributed by atoms with Crippen LogP contribution < -0.4 is 10.0 Å². The molecule has 13 heteroatoms. The molecule has 0 atom stereocenters. The number of carbonyl (C=O) groups excluding carboxylic acids is 1. The molecule has 0 saturated carbocycles. The van der Waals surface area contributed by atoms with Crippen molar-refractivity contribution in [2.45, 2.75) is 35.4 Å². The van der Waals surface area contributed by atoms with Gasteiger partial charge in [0.05, 0.1) is 4.90 Å². The lowest BCUT2D eigenvalue weighted by atomic mass is 10.2. The SMILES string of the molecule is CC(=O)Nc1nnc(S(=O)(=O)Nc2ccc(S(=O)(=O)N3CCCCC3)cc2)s1. The lowest BCUT2D eigenvalue weighted by molar-refractivity contribution is -0.114. The van der Waals surface area contributed by atoms with Gasteiger partial charge in [-0.2, -0.15) is 12.7 Å². The number of rotatable bonds is 6. The van der Waals surface area contributed by atoms with E-state index in [2.05, 4.69) is 20.2 Å². The van der Waals surface area contributed by atoms with Crippen LogP contribution in [0.1, 0.15) is 26.2 Å². The van der Waals surface area contributed by atoms with Crippen molar-refractivity contribution in [1.82, 2.24) is 14.5 Å². The topological polar surface area (TPSA) is 138 Å². The quantitative estimate of drug-likeness (QED) is 0.642. The summed E-state index contributed by atoms with van der Waals surface area (Å²) >= 11 is 0.706. The van der Waals surface area contributed by atoms with Gasteiger partial charge in [-0.15, -0.1) is 10.2 Å². The largest absolute Gasteiger partial charge is 0.301 e.